The van der Waals surface area contributed by atoms with Crippen LogP contribution in [0.25, 0.3) is 0 Å². The molecular weight excluding hydrogens is 493 g/mol. The van der Waals surface area contributed by atoms with E-state index in [0.29, 0.717) is 13.2 Å². The van der Waals surface area contributed by atoms with E-state index in [0.717, 1.165) is 41.7 Å². The SMILES string of the molecule is CCNC(=NCc1ccc(OCC)c(OC)c1)NC(C)Cc1c(C)nn(C)c1C.I. The Balaban J connectivity index is 0.00000450. The highest BCUT2D eigenvalue weighted by Crippen LogP contribution is 2.28. The summed E-state index contributed by atoms with van der Waals surface area (Å²) >= 11 is 0. The molecule has 0 fully saturated rings. The maximum absolute atomic E-state index is 5.58. The molecule has 8 heteroatoms. The summed E-state index contributed by atoms with van der Waals surface area (Å²) in [5, 5.41) is 11.3. The van der Waals surface area contributed by atoms with Crippen molar-refractivity contribution in [1.82, 2.24) is 20.4 Å². The van der Waals surface area contributed by atoms with Crippen molar-refractivity contribution < 1.29 is 9.47 Å². The van der Waals surface area contributed by atoms with Crippen molar-refractivity contribution in [2.45, 2.75) is 53.6 Å². The molecule has 0 radical (unpaired) electrons. The molecule has 0 aliphatic heterocycles. The van der Waals surface area contributed by atoms with Crippen LogP contribution in [0, 0.1) is 13.8 Å². The van der Waals surface area contributed by atoms with Crippen molar-refractivity contribution in [3.63, 3.8) is 0 Å². The van der Waals surface area contributed by atoms with Gasteiger partial charge in [-0.1, -0.05) is 6.07 Å². The van der Waals surface area contributed by atoms with E-state index in [2.05, 4.69) is 43.4 Å². The summed E-state index contributed by atoms with van der Waals surface area (Å²) in [5.74, 6) is 2.28. The number of aliphatic imine (C=N–C) groups is 1. The molecular formula is C22H36IN5O2. The molecule has 1 heterocycles. The molecule has 0 amide bonds. The predicted molar refractivity (Wildman–Crippen MR) is 133 cm³/mol. The van der Waals surface area contributed by atoms with Gasteiger partial charge in [0.25, 0.3) is 0 Å². The van der Waals surface area contributed by atoms with Gasteiger partial charge in [0.15, 0.2) is 17.5 Å². The second-order valence-corrected chi connectivity index (χ2v) is 7.14. The number of halogens is 1. The highest BCUT2D eigenvalue weighted by molar-refractivity contribution is 14.0. The summed E-state index contributed by atoms with van der Waals surface area (Å²) < 4.78 is 13.0. The van der Waals surface area contributed by atoms with Crippen LogP contribution in [-0.4, -0.2) is 42.0 Å². The zero-order valence-corrected chi connectivity index (χ0v) is 21.5. The average Bonchev–Trinajstić information content (AvgIpc) is 2.93. The Morgan fingerprint density at radius 3 is 2.53 bits per heavy atom. The van der Waals surface area contributed by atoms with Crippen LogP contribution in [0.3, 0.4) is 0 Å². The number of guanidine groups is 1. The third-order valence-electron chi connectivity index (χ3n) is 4.84. The maximum atomic E-state index is 5.58. The molecule has 7 nitrogen and oxygen atoms in total. The van der Waals surface area contributed by atoms with Gasteiger partial charge >= 0.3 is 0 Å². The molecule has 30 heavy (non-hydrogen) atoms. The zero-order chi connectivity index (χ0) is 21.4. The number of nitrogens with zero attached hydrogens (tertiary/aromatic N) is 3. The molecule has 1 unspecified atom stereocenters. The van der Waals surface area contributed by atoms with Crippen LogP contribution in [0.5, 0.6) is 11.5 Å². The van der Waals surface area contributed by atoms with Gasteiger partial charge in [0.05, 0.1) is 26.0 Å². The zero-order valence-electron chi connectivity index (χ0n) is 19.2. The van der Waals surface area contributed by atoms with Gasteiger partial charge in [-0.05, 0) is 64.3 Å². The lowest BCUT2D eigenvalue weighted by Crippen LogP contribution is -2.43. The summed E-state index contributed by atoms with van der Waals surface area (Å²) in [6.07, 6.45) is 0.896. The minimum Gasteiger partial charge on any atom is -0.493 e. The predicted octanol–water partition coefficient (Wildman–Crippen LogP) is 3.75. The monoisotopic (exact) mass is 529 g/mol. The van der Waals surface area contributed by atoms with Crippen LogP contribution >= 0.6 is 24.0 Å². The van der Waals surface area contributed by atoms with Gasteiger partial charge in [-0.3, -0.25) is 4.68 Å². The smallest absolute Gasteiger partial charge is 0.191 e. The first-order valence-electron chi connectivity index (χ1n) is 10.2. The van der Waals surface area contributed by atoms with Crippen LogP contribution < -0.4 is 20.1 Å². The van der Waals surface area contributed by atoms with Crippen LogP contribution in [-0.2, 0) is 20.0 Å². The van der Waals surface area contributed by atoms with Crippen molar-refractivity contribution >= 4 is 29.9 Å². The van der Waals surface area contributed by atoms with E-state index in [1.807, 2.05) is 36.9 Å². The van der Waals surface area contributed by atoms with E-state index in [-0.39, 0.29) is 30.0 Å². The van der Waals surface area contributed by atoms with Gasteiger partial charge in [-0.15, -0.1) is 24.0 Å². The number of aryl methyl sites for hydroxylation is 2. The van der Waals surface area contributed by atoms with Gasteiger partial charge < -0.3 is 20.1 Å². The largest absolute Gasteiger partial charge is 0.493 e. The van der Waals surface area contributed by atoms with Gasteiger partial charge in [-0.25, -0.2) is 4.99 Å². The maximum Gasteiger partial charge on any atom is 0.191 e. The molecule has 168 valence electrons. The number of benzene rings is 1. The summed E-state index contributed by atoms with van der Waals surface area (Å²) in [7, 11) is 3.64. The molecule has 0 bridgehead atoms. The van der Waals surface area contributed by atoms with E-state index in [1.54, 1.807) is 7.11 Å². The van der Waals surface area contributed by atoms with E-state index >= 15 is 0 Å². The van der Waals surface area contributed by atoms with E-state index in [1.165, 1.54) is 11.3 Å². The van der Waals surface area contributed by atoms with E-state index in [9.17, 15) is 0 Å². The number of aromatic nitrogens is 2. The first-order chi connectivity index (χ1) is 13.9. The Bertz CT molecular complexity index is 835. The van der Waals surface area contributed by atoms with E-state index in [4.69, 9.17) is 14.5 Å². The Labute approximate surface area is 197 Å². The Morgan fingerprint density at radius 2 is 1.97 bits per heavy atom. The normalized spacial score (nSPS) is 12.2. The number of rotatable bonds is 9. The van der Waals surface area contributed by atoms with E-state index < -0.39 is 0 Å². The molecule has 2 aromatic rings. The van der Waals surface area contributed by atoms with Crippen molar-refractivity contribution in [3.8, 4) is 11.5 Å². The van der Waals surface area contributed by atoms with Crippen LogP contribution in [0.2, 0.25) is 0 Å². The van der Waals surface area contributed by atoms with Gasteiger partial charge in [0.2, 0.25) is 0 Å². The van der Waals surface area contributed by atoms with Crippen LogP contribution in [0.4, 0.5) is 0 Å². The van der Waals surface area contributed by atoms with Crippen LogP contribution in [0.1, 0.15) is 43.3 Å². The number of nitrogens with one attached hydrogen (secondary N) is 2. The van der Waals surface area contributed by atoms with Crippen molar-refractivity contribution in [2.24, 2.45) is 12.0 Å². The third-order valence-corrected chi connectivity index (χ3v) is 4.84. The Morgan fingerprint density at radius 1 is 1.23 bits per heavy atom. The summed E-state index contributed by atoms with van der Waals surface area (Å²) in [4.78, 5) is 4.74. The second-order valence-electron chi connectivity index (χ2n) is 7.14. The fraction of sp³-hybridized carbons (Fsp3) is 0.545. The molecule has 0 saturated heterocycles. The van der Waals surface area contributed by atoms with Gasteiger partial charge in [0, 0.05) is 25.3 Å². The lowest BCUT2D eigenvalue weighted by molar-refractivity contribution is 0.310. The van der Waals surface area contributed by atoms with Gasteiger partial charge in [-0.2, -0.15) is 5.10 Å². The average molecular weight is 529 g/mol. The summed E-state index contributed by atoms with van der Waals surface area (Å²) in [5.41, 5.74) is 4.65. The van der Waals surface area contributed by atoms with Crippen molar-refractivity contribution in [1.29, 1.82) is 0 Å². The number of hydrogen-bond acceptors (Lipinski definition) is 4. The number of hydrogen-bond donors (Lipinski definition) is 2. The minimum absolute atomic E-state index is 0. The Kier molecular flexibility index (Phi) is 11.0. The fourth-order valence-electron chi connectivity index (χ4n) is 3.28. The molecule has 0 saturated carbocycles. The molecule has 2 N–H and O–H groups in total. The first-order valence-corrected chi connectivity index (χ1v) is 10.2. The highest BCUT2D eigenvalue weighted by atomic mass is 127. The number of ether oxygens (including phenoxy) is 2. The molecule has 0 aliphatic carbocycles. The lowest BCUT2D eigenvalue weighted by Gasteiger charge is -2.18. The second kappa shape index (κ2) is 12.7. The standard InChI is InChI=1S/C22H35N5O2.HI/c1-8-23-22(25-15(3)12-19-16(4)26-27(6)17(19)5)24-14-18-10-11-20(29-9-2)21(13-18)28-7;/h10-11,13,15H,8-9,12,14H2,1-7H3,(H2,23,24,25);1H. The summed E-state index contributed by atoms with van der Waals surface area (Å²) in [6.45, 7) is 12.3. The molecule has 0 aliphatic rings. The van der Waals surface area contributed by atoms with Crippen molar-refractivity contribution in [3.05, 3.63) is 40.7 Å². The first kappa shape index (κ1) is 26.1. The third kappa shape index (κ3) is 7.07. The minimum atomic E-state index is 0. The molecule has 1 atom stereocenters. The fourth-order valence-corrected chi connectivity index (χ4v) is 3.28. The number of methoxy groups -OCH3 is 1. The lowest BCUT2D eigenvalue weighted by atomic mass is 10.1. The molecule has 0 spiro atoms. The van der Waals surface area contributed by atoms with Gasteiger partial charge in [0.1, 0.15) is 0 Å². The topological polar surface area (TPSA) is 72.7 Å². The molecule has 1 aromatic heterocycles. The molecule has 1 aromatic carbocycles. The van der Waals surface area contributed by atoms with Crippen molar-refractivity contribution in [2.75, 3.05) is 20.3 Å². The summed E-state index contributed by atoms with van der Waals surface area (Å²) in [6, 6.07) is 6.16. The quantitative estimate of drug-likeness (QED) is 0.294. The Hall–Kier alpha value is -1.97. The highest BCUT2D eigenvalue weighted by Gasteiger charge is 2.14. The van der Waals surface area contributed by atoms with Crippen LogP contribution in [0.15, 0.2) is 23.2 Å². The molecule has 2 rings (SSSR count).